The normalized spacial score (nSPS) is 19.2. The summed E-state index contributed by atoms with van der Waals surface area (Å²) in [6.07, 6.45) is 5.47. The van der Waals surface area contributed by atoms with Gasteiger partial charge in [-0.25, -0.2) is 0 Å². The topological polar surface area (TPSA) is 44.8 Å². The van der Waals surface area contributed by atoms with Crippen molar-refractivity contribution in [2.45, 2.75) is 33.6 Å². The van der Waals surface area contributed by atoms with E-state index in [0.29, 0.717) is 23.3 Å². The van der Waals surface area contributed by atoms with E-state index >= 15 is 0 Å². The number of aryl methyl sites for hydroxylation is 1. The van der Waals surface area contributed by atoms with Crippen LogP contribution in [-0.2, 0) is 4.79 Å². The first kappa shape index (κ1) is 22.7. The molecule has 0 aliphatic heterocycles. The first-order valence-electron chi connectivity index (χ1n) is 10.7. The molecule has 1 atom stereocenters. The average molecular weight is 421 g/mol. The van der Waals surface area contributed by atoms with Gasteiger partial charge < -0.3 is 14.2 Å². The van der Waals surface area contributed by atoms with E-state index in [1.165, 1.54) is 0 Å². The monoisotopic (exact) mass is 420 g/mol. The van der Waals surface area contributed by atoms with E-state index in [1.54, 1.807) is 21.3 Å². The Labute approximate surface area is 185 Å². The van der Waals surface area contributed by atoms with Crippen molar-refractivity contribution < 1.29 is 19.0 Å². The molecule has 1 saturated carbocycles. The van der Waals surface area contributed by atoms with E-state index in [-0.39, 0.29) is 5.78 Å². The number of Topliss-reactive ketones (excluding diaryl/α,β-unsaturated/α-hetero) is 1. The molecule has 0 spiro atoms. The van der Waals surface area contributed by atoms with Crippen molar-refractivity contribution in [3.63, 3.8) is 0 Å². The van der Waals surface area contributed by atoms with Crippen LogP contribution in [0.1, 0.15) is 43.4 Å². The van der Waals surface area contributed by atoms with Crippen molar-refractivity contribution in [3.8, 4) is 17.2 Å². The molecule has 4 nitrogen and oxygen atoms in total. The van der Waals surface area contributed by atoms with Crippen LogP contribution in [0.3, 0.4) is 0 Å². The lowest BCUT2D eigenvalue weighted by molar-refractivity contribution is -0.113. The summed E-state index contributed by atoms with van der Waals surface area (Å²) in [5.41, 5.74) is 4.46. The molecule has 2 aromatic carbocycles. The number of ether oxygens (including phenoxy) is 3. The lowest BCUT2D eigenvalue weighted by atomic mass is 9.75. The molecular weight excluding hydrogens is 388 g/mol. The molecule has 2 aromatic rings. The van der Waals surface area contributed by atoms with Crippen LogP contribution in [0.5, 0.6) is 17.2 Å². The second-order valence-electron chi connectivity index (χ2n) is 8.36. The summed E-state index contributed by atoms with van der Waals surface area (Å²) in [5, 5.41) is 0. The minimum Gasteiger partial charge on any atom is -0.496 e. The minimum atomic E-state index is 0.0883. The number of carbonyl (C=O) groups excluding carboxylic acids is 1. The van der Waals surface area contributed by atoms with E-state index in [9.17, 15) is 4.79 Å². The van der Waals surface area contributed by atoms with Crippen LogP contribution in [0.25, 0.3) is 12.2 Å². The smallest absolute Gasteiger partial charge is 0.185 e. The number of allylic oxidation sites excluding steroid dienone is 2. The molecule has 3 rings (SSSR count). The molecule has 1 fully saturated rings. The fraction of sp³-hybridized carbons (Fsp3) is 0.370. The Morgan fingerprint density at radius 3 is 1.90 bits per heavy atom. The van der Waals surface area contributed by atoms with Crippen molar-refractivity contribution in [2.24, 2.45) is 11.8 Å². The molecule has 0 saturated heterocycles. The Morgan fingerprint density at radius 1 is 0.839 bits per heavy atom. The van der Waals surface area contributed by atoms with Crippen LogP contribution in [0.15, 0.2) is 47.5 Å². The molecular formula is C27H32O4. The fourth-order valence-corrected chi connectivity index (χ4v) is 4.22. The van der Waals surface area contributed by atoms with Gasteiger partial charge in [0.2, 0.25) is 0 Å². The number of methoxy groups -OCH3 is 3. The zero-order valence-electron chi connectivity index (χ0n) is 19.3. The van der Waals surface area contributed by atoms with E-state index in [4.69, 9.17) is 14.2 Å². The van der Waals surface area contributed by atoms with Gasteiger partial charge >= 0.3 is 0 Å². The van der Waals surface area contributed by atoms with Gasteiger partial charge in [0.15, 0.2) is 17.3 Å². The molecule has 1 unspecified atom stereocenters. The SMILES string of the molecule is COc1cccc(/C=C2\CC(C(C)C)C/C(=C\c3cccc(C)c3OC)C2=O)c1OC. The highest BCUT2D eigenvalue weighted by Crippen LogP contribution is 2.39. The first-order chi connectivity index (χ1) is 14.9. The molecule has 1 aliphatic carbocycles. The van der Waals surface area contributed by atoms with E-state index in [1.807, 2.05) is 55.5 Å². The van der Waals surface area contributed by atoms with Crippen LogP contribution < -0.4 is 14.2 Å². The number of benzene rings is 2. The van der Waals surface area contributed by atoms with E-state index in [0.717, 1.165) is 46.4 Å². The summed E-state index contributed by atoms with van der Waals surface area (Å²) in [7, 11) is 4.91. The molecule has 0 radical (unpaired) electrons. The van der Waals surface area contributed by atoms with Gasteiger partial charge in [-0.05, 0) is 55.4 Å². The van der Waals surface area contributed by atoms with Crippen LogP contribution in [-0.4, -0.2) is 27.1 Å². The largest absolute Gasteiger partial charge is 0.496 e. The lowest BCUT2D eigenvalue weighted by Crippen LogP contribution is -2.23. The van der Waals surface area contributed by atoms with Gasteiger partial charge in [-0.15, -0.1) is 0 Å². The second-order valence-corrected chi connectivity index (χ2v) is 8.36. The fourth-order valence-electron chi connectivity index (χ4n) is 4.22. The van der Waals surface area contributed by atoms with Gasteiger partial charge in [0.1, 0.15) is 5.75 Å². The predicted octanol–water partition coefficient (Wildman–Crippen LogP) is 6.12. The first-order valence-corrected chi connectivity index (χ1v) is 10.7. The molecule has 0 aromatic heterocycles. The highest BCUT2D eigenvalue weighted by Gasteiger charge is 2.30. The highest BCUT2D eigenvalue weighted by atomic mass is 16.5. The molecule has 0 bridgehead atoms. The summed E-state index contributed by atoms with van der Waals surface area (Å²) in [6.45, 7) is 6.45. The average Bonchev–Trinajstić information content (AvgIpc) is 2.76. The Morgan fingerprint density at radius 2 is 1.39 bits per heavy atom. The molecule has 31 heavy (non-hydrogen) atoms. The Balaban J connectivity index is 2.08. The molecule has 4 heteroatoms. The third kappa shape index (κ3) is 4.84. The number of carbonyl (C=O) groups is 1. The number of hydrogen-bond acceptors (Lipinski definition) is 4. The van der Waals surface area contributed by atoms with Crippen molar-refractivity contribution in [1.82, 2.24) is 0 Å². The van der Waals surface area contributed by atoms with Gasteiger partial charge in [0.05, 0.1) is 21.3 Å². The third-order valence-corrected chi connectivity index (χ3v) is 6.03. The van der Waals surface area contributed by atoms with Crippen LogP contribution in [0, 0.1) is 18.8 Å². The summed E-state index contributed by atoms with van der Waals surface area (Å²) in [5.74, 6) is 3.05. The Hall–Kier alpha value is -3.01. The van der Waals surface area contributed by atoms with Gasteiger partial charge in [-0.1, -0.05) is 44.2 Å². The number of hydrogen-bond donors (Lipinski definition) is 0. The van der Waals surface area contributed by atoms with Gasteiger partial charge in [-0.2, -0.15) is 0 Å². The summed E-state index contributed by atoms with van der Waals surface area (Å²) in [6, 6.07) is 11.7. The van der Waals surface area contributed by atoms with Crippen LogP contribution >= 0.6 is 0 Å². The van der Waals surface area contributed by atoms with Crippen molar-refractivity contribution in [3.05, 3.63) is 64.2 Å². The number of para-hydroxylation sites is 2. The maximum absolute atomic E-state index is 13.5. The van der Waals surface area contributed by atoms with E-state index in [2.05, 4.69) is 13.8 Å². The summed E-state index contributed by atoms with van der Waals surface area (Å²) >= 11 is 0. The molecule has 1 aliphatic rings. The quantitative estimate of drug-likeness (QED) is 0.528. The summed E-state index contributed by atoms with van der Waals surface area (Å²) < 4.78 is 16.6. The predicted molar refractivity (Wildman–Crippen MR) is 126 cm³/mol. The van der Waals surface area contributed by atoms with Crippen LogP contribution in [0.4, 0.5) is 0 Å². The summed E-state index contributed by atoms with van der Waals surface area (Å²) in [4.78, 5) is 13.5. The number of ketones is 1. The molecule has 164 valence electrons. The van der Waals surface area contributed by atoms with Crippen molar-refractivity contribution in [2.75, 3.05) is 21.3 Å². The lowest BCUT2D eigenvalue weighted by Gasteiger charge is -2.29. The molecule has 0 heterocycles. The van der Waals surface area contributed by atoms with Crippen LogP contribution in [0.2, 0.25) is 0 Å². The van der Waals surface area contributed by atoms with Crippen molar-refractivity contribution >= 4 is 17.9 Å². The standard InChI is InChI=1S/C27H32O4/c1-17(2)21-15-22(13-19-10-7-9-18(3)26(19)30-5)25(28)23(16-21)14-20-11-8-12-24(29-4)27(20)31-6/h7-14,17,21H,15-16H2,1-6H3/b22-13+,23-14+. The Kier molecular flexibility index (Phi) is 7.21. The van der Waals surface area contributed by atoms with E-state index < -0.39 is 0 Å². The second kappa shape index (κ2) is 9.86. The molecule has 0 amide bonds. The minimum absolute atomic E-state index is 0.0883. The highest BCUT2D eigenvalue weighted by molar-refractivity contribution is 6.14. The maximum atomic E-state index is 13.5. The maximum Gasteiger partial charge on any atom is 0.185 e. The zero-order valence-corrected chi connectivity index (χ0v) is 19.3. The zero-order chi connectivity index (χ0) is 22.5. The van der Waals surface area contributed by atoms with Gasteiger partial charge in [0, 0.05) is 22.3 Å². The number of rotatable bonds is 6. The van der Waals surface area contributed by atoms with Gasteiger partial charge in [-0.3, -0.25) is 4.79 Å². The Bertz CT molecular complexity index is 1010. The van der Waals surface area contributed by atoms with Gasteiger partial charge in [0.25, 0.3) is 0 Å². The molecule has 0 N–H and O–H groups in total. The third-order valence-electron chi connectivity index (χ3n) is 6.03. The van der Waals surface area contributed by atoms with Crippen molar-refractivity contribution in [1.29, 1.82) is 0 Å².